The molecule has 2 unspecified atom stereocenters. The van der Waals surface area contributed by atoms with Crippen molar-refractivity contribution in [2.24, 2.45) is 0 Å². The topological polar surface area (TPSA) is 73.5 Å². The standard InChI is InChI=1S/C19H21BrClFN4O2S/c1-26-17(19(28)24-12-6-7-15(22)14(21)8-12)9-16(25-29-26)18(27)23-10-11-4-2-3-5-13(11)20/h2,4,6-8,16-17,25H,3,5,9-10H2,1H3,(H,23,27)(H,24,28). The van der Waals surface area contributed by atoms with Gasteiger partial charge in [0.25, 0.3) is 0 Å². The monoisotopic (exact) mass is 502 g/mol. The highest BCUT2D eigenvalue weighted by molar-refractivity contribution is 9.11. The van der Waals surface area contributed by atoms with Crippen molar-refractivity contribution in [1.82, 2.24) is 14.3 Å². The summed E-state index contributed by atoms with van der Waals surface area (Å²) in [5.74, 6) is -1.01. The van der Waals surface area contributed by atoms with Crippen molar-refractivity contribution in [3.05, 3.63) is 51.2 Å². The number of carbonyl (C=O) groups is 2. The maximum atomic E-state index is 13.3. The summed E-state index contributed by atoms with van der Waals surface area (Å²) >= 11 is 10.5. The maximum absolute atomic E-state index is 13.3. The van der Waals surface area contributed by atoms with Crippen LogP contribution in [0.15, 0.2) is 40.4 Å². The van der Waals surface area contributed by atoms with Gasteiger partial charge < -0.3 is 10.6 Å². The van der Waals surface area contributed by atoms with E-state index >= 15 is 0 Å². The molecule has 0 bridgehead atoms. The zero-order chi connectivity index (χ0) is 21.0. The van der Waals surface area contributed by atoms with Crippen molar-refractivity contribution >= 4 is 57.2 Å². The molecule has 0 spiro atoms. The van der Waals surface area contributed by atoms with Crippen molar-refractivity contribution in [3.63, 3.8) is 0 Å². The van der Waals surface area contributed by atoms with Gasteiger partial charge in [-0.3, -0.25) is 9.59 Å². The molecular weight excluding hydrogens is 483 g/mol. The Labute approximate surface area is 186 Å². The molecule has 1 aromatic rings. The van der Waals surface area contributed by atoms with Gasteiger partial charge in [-0.05, 0) is 50.1 Å². The summed E-state index contributed by atoms with van der Waals surface area (Å²) < 4.78 is 19.2. The summed E-state index contributed by atoms with van der Waals surface area (Å²) in [6, 6.07) is 2.94. The minimum Gasteiger partial charge on any atom is -0.351 e. The number of benzene rings is 1. The highest BCUT2D eigenvalue weighted by Gasteiger charge is 2.35. The van der Waals surface area contributed by atoms with Crippen LogP contribution in [0, 0.1) is 5.82 Å². The number of nitrogens with zero attached hydrogens (tertiary/aromatic N) is 1. The van der Waals surface area contributed by atoms with Crippen LogP contribution in [0.25, 0.3) is 0 Å². The third kappa shape index (κ3) is 5.82. The SMILES string of the molecule is CN1SNC(C(=O)NCC2=C(Br)CCC=C2)CC1C(=O)Nc1ccc(F)c(Cl)c1. The average molecular weight is 504 g/mol. The number of carbonyl (C=O) groups excluding carboxylic acids is 2. The van der Waals surface area contributed by atoms with Gasteiger partial charge in [0.2, 0.25) is 11.8 Å². The molecule has 156 valence electrons. The quantitative estimate of drug-likeness (QED) is 0.534. The number of likely N-dealkylation sites (N-methyl/N-ethyl adjacent to an activating group) is 1. The molecule has 1 saturated heterocycles. The van der Waals surface area contributed by atoms with E-state index in [1.807, 2.05) is 6.08 Å². The number of nitrogens with one attached hydrogen (secondary N) is 3. The second-order valence-electron chi connectivity index (χ2n) is 6.77. The molecular formula is C19H21BrClFN4O2S. The van der Waals surface area contributed by atoms with Crippen molar-refractivity contribution in [1.29, 1.82) is 0 Å². The predicted molar refractivity (Wildman–Crippen MR) is 118 cm³/mol. The Morgan fingerprint density at radius 1 is 1.41 bits per heavy atom. The van der Waals surface area contributed by atoms with Gasteiger partial charge in [0.1, 0.15) is 11.9 Å². The third-order valence-electron chi connectivity index (χ3n) is 4.69. The molecule has 2 amide bonds. The third-order valence-corrected chi connectivity index (χ3v) is 6.82. The molecule has 0 aromatic heterocycles. The largest absolute Gasteiger partial charge is 0.351 e. The fraction of sp³-hybridized carbons (Fsp3) is 0.368. The van der Waals surface area contributed by atoms with E-state index in [4.69, 9.17) is 11.6 Å². The van der Waals surface area contributed by atoms with Gasteiger partial charge in [0.15, 0.2) is 0 Å². The number of allylic oxidation sites excluding steroid dienone is 2. The molecule has 2 atom stereocenters. The molecule has 1 aromatic carbocycles. The molecule has 0 radical (unpaired) electrons. The zero-order valence-corrected chi connectivity index (χ0v) is 18.8. The highest BCUT2D eigenvalue weighted by atomic mass is 79.9. The van der Waals surface area contributed by atoms with E-state index in [2.05, 4.69) is 37.4 Å². The van der Waals surface area contributed by atoms with Crippen molar-refractivity contribution in [3.8, 4) is 0 Å². The number of rotatable bonds is 5. The highest BCUT2D eigenvalue weighted by Crippen LogP contribution is 2.25. The van der Waals surface area contributed by atoms with E-state index in [1.165, 1.54) is 30.3 Å². The van der Waals surface area contributed by atoms with E-state index < -0.39 is 17.9 Å². The Hall–Kier alpha value is -1.39. The lowest BCUT2D eigenvalue weighted by Crippen LogP contribution is -2.54. The lowest BCUT2D eigenvalue weighted by atomic mass is 10.0. The van der Waals surface area contributed by atoms with Crippen molar-refractivity contribution in [2.75, 3.05) is 18.9 Å². The maximum Gasteiger partial charge on any atom is 0.242 e. The average Bonchev–Trinajstić information content (AvgIpc) is 2.70. The molecule has 0 saturated carbocycles. The Bertz CT molecular complexity index is 867. The van der Waals surface area contributed by atoms with Crippen LogP contribution in [0.2, 0.25) is 5.02 Å². The molecule has 29 heavy (non-hydrogen) atoms. The number of amides is 2. The minimum atomic E-state index is -0.550. The van der Waals surface area contributed by atoms with Gasteiger partial charge in [-0.1, -0.05) is 39.7 Å². The summed E-state index contributed by atoms with van der Waals surface area (Å²) in [4.78, 5) is 25.3. The normalized spacial score (nSPS) is 22.5. The second-order valence-corrected chi connectivity index (χ2v) is 9.13. The summed E-state index contributed by atoms with van der Waals surface area (Å²) in [6.45, 7) is 0.430. The van der Waals surface area contributed by atoms with Gasteiger partial charge in [-0.15, -0.1) is 0 Å². The molecule has 1 aliphatic carbocycles. The first kappa shape index (κ1) is 22.3. The molecule has 6 nitrogen and oxygen atoms in total. The van der Waals surface area contributed by atoms with Gasteiger partial charge in [-0.25, -0.2) is 13.4 Å². The summed E-state index contributed by atoms with van der Waals surface area (Å²) in [5, 5.41) is 5.59. The fourth-order valence-electron chi connectivity index (χ4n) is 3.01. The van der Waals surface area contributed by atoms with E-state index in [0.29, 0.717) is 18.7 Å². The zero-order valence-electron chi connectivity index (χ0n) is 15.7. The van der Waals surface area contributed by atoms with Crippen LogP contribution >= 0.6 is 39.7 Å². The Morgan fingerprint density at radius 3 is 2.93 bits per heavy atom. The van der Waals surface area contributed by atoms with E-state index in [-0.39, 0.29) is 16.8 Å². The van der Waals surface area contributed by atoms with E-state index in [0.717, 1.165) is 22.9 Å². The molecule has 2 aliphatic rings. The molecule has 10 heteroatoms. The lowest BCUT2D eigenvalue weighted by Gasteiger charge is -2.34. The number of hydrogen-bond donors (Lipinski definition) is 3. The van der Waals surface area contributed by atoms with E-state index in [9.17, 15) is 14.0 Å². The number of anilines is 1. The van der Waals surface area contributed by atoms with Gasteiger partial charge in [0.05, 0.1) is 11.1 Å². The Balaban J connectivity index is 1.58. The molecule has 1 fully saturated rings. The van der Waals surface area contributed by atoms with Crippen molar-refractivity contribution in [2.45, 2.75) is 31.3 Å². The Morgan fingerprint density at radius 2 is 2.21 bits per heavy atom. The van der Waals surface area contributed by atoms with Gasteiger partial charge in [0, 0.05) is 28.8 Å². The second kappa shape index (κ2) is 10.1. The smallest absolute Gasteiger partial charge is 0.242 e. The van der Waals surface area contributed by atoms with Crippen LogP contribution in [0.4, 0.5) is 10.1 Å². The fourth-order valence-corrected chi connectivity index (χ4v) is 4.50. The molecule has 1 heterocycles. The number of hydrogen-bond acceptors (Lipinski definition) is 5. The Kier molecular flexibility index (Phi) is 7.75. The first-order valence-corrected chi connectivity index (χ1v) is 11.0. The van der Waals surface area contributed by atoms with Crippen LogP contribution < -0.4 is 15.4 Å². The molecule has 3 N–H and O–H groups in total. The summed E-state index contributed by atoms with van der Waals surface area (Å²) in [6.07, 6.45) is 6.31. The predicted octanol–water partition coefficient (Wildman–Crippen LogP) is 3.76. The van der Waals surface area contributed by atoms with Crippen LogP contribution in [0.5, 0.6) is 0 Å². The summed E-state index contributed by atoms with van der Waals surface area (Å²) in [5.41, 5.74) is 1.45. The first-order valence-electron chi connectivity index (χ1n) is 9.08. The molecule has 1 aliphatic heterocycles. The number of halogens is 3. The van der Waals surface area contributed by atoms with Crippen LogP contribution in [0.3, 0.4) is 0 Å². The minimum absolute atomic E-state index is 0.0645. The van der Waals surface area contributed by atoms with Gasteiger partial charge in [-0.2, -0.15) is 0 Å². The van der Waals surface area contributed by atoms with Crippen LogP contribution in [0.1, 0.15) is 19.3 Å². The van der Waals surface area contributed by atoms with E-state index in [1.54, 1.807) is 11.4 Å². The lowest BCUT2D eigenvalue weighted by molar-refractivity contribution is -0.124. The van der Waals surface area contributed by atoms with Crippen LogP contribution in [-0.4, -0.2) is 41.8 Å². The summed E-state index contributed by atoms with van der Waals surface area (Å²) in [7, 11) is 1.77. The first-order chi connectivity index (χ1) is 13.8. The van der Waals surface area contributed by atoms with Gasteiger partial charge >= 0.3 is 0 Å². The molecule has 3 rings (SSSR count). The van der Waals surface area contributed by atoms with Crippen LogP contribution in [-0.2, 0) is 9.59 Å². The van der Waals surface area contributed by atoms with Crippen molar-refractivity contribution < 1.29 is 14.0 Å².